The molecule has 0 saturated heterocycles. The van der Waals surface area contributed by atoms with Crippen LogP contribution in [0.5, 0.6) is 0 Å². The van der Waals surface area contributed by atoms with Crippen molar-refractivity contribution in [2.45, 2.75) is 6.61 Å². The highest BCUT2D eigenvalue weighted by Gasteiger charge is 2.01. The van der Waals surface area contributed by atoms with Crippen molar-refractivity contribution in [3.05, 3.63) is 42.3 Å². The van der Waals surface area contributed by atoms with E-state index in [1.54, 1.807) is 6.20 Å². The summed E-state index contributed by atoms with van der Waals surface area (Å²) < 4.78 is 5.13. The van der Waals surface area contributed by atoms with Gasteiger partial charge in [-0.2, -0.15) is 0 Å². The highest BCUT2D eigenvalue weighted by Crippen LogP contribution is 2.17. The van der Waals surface area contributed by atoms with Crippen LogP contribution in [0, 0.1) is 0 Å². The molecule has 3 heteroatoms. The van der Waals surface area contributed by atoms with Gasteiger partial charge in [0, 0.05) is 5.56 Å². The Hall–Kier alpha value is -1.61. The molecule has 66 valence electrons. The SMILES string of the molecule is OCc1cccc(-c2ncco2)c1. The van der Waals surface area contributed by atoms with Crippen LogP contribution in [0.25, 0.3) is 11.5 Å². The zero-order valence-corrected chi connectivity index (χ0v) is 6.97. The maximum absolute atomic E-state index is 8.91. The van der Waals surface area contributed by atoms with Gasteiger partial charge in [0.25, 0.3) is 0 Å². The topological polar surface area (TPSA) is 46.3 Å². The Kier molecular flexibility index (Phi) is 2.10. The quantitative estimate of drug-likeness (QED) is 0.757. The number of rotatable bonds is 2. The second-order valence-electron chi connectivity index (χ2n) is 2.70. The van der Waals surface area contributed by atoms with Crippen molar-refractivity contribution in [2.24, 2.45) is 0 Å². The van der Waals surface area contributed by atoms with Crippen molar-refractivity contribution >= 4 is 0 Å². The average molecular weight is 175 g/mol. The van der Waals surface area contributed by atoms with Crippen LogP contribution in [0.2, 0.25) is 0 Å². The molecule has 0 atom stereocenters. The van der Waals surface area contributed by atoms with Gasteiger partial charge in [-0.05, 0) is 17.7 Å². The first kappa shape index (κ1) is 8.01. The monoisotopic (exact) mass is 175 g/mol. The highest BCUT2D eigenvalue weighted by atomic mass is 16.3. The molecule has 0 amide bonds. The molecular weight excluding hydrogens is 166 g/mol. The fraction of sp³-hybridized carbons (Fsp3) is 0.100. The molecule has 0 bridgehead atoms. The number of hydrogen-bond donors (Lipinski definition) is 1. The number of aliphatic hydroxyl groups excluding tert-OH is 1. The van der Waals surface area contributed by atoms with Gasteiger partial charge in [-0.25, -0.2) is 4.98 Å². The van der Waals surface area contributed by atoms with Crippen LogP contribution in [0.1, 0.15) is 5.56 Å². The smallest absolute Gasteiger partial charge is 0.225 e. The number of aromatic nitrogens is 1. The Morgan fingerprint density at radius 1 is 1.38 bits per heavy atom. The number of benzene rings is 1. The first-order valence-electron chi connectivity index (χ1n) is 4.00. The minimum absolute atomic E-state index is 0.0363. The van der Waals surface area contributed by atoms with Crippen LogP contribution >= 0.6 is 0 Å². The summed E-state index contributed by atoms with van der Waals surface area (Å²) in [5.41, 5.74) is 1.74. The van der Waals surface area contributed by atoms with Crippen LogP contribution in [0.4, 0.5) is 0 Å². The van der Waals surface area contributed by atoms with Crippen LogP contribution < -0.4 is 0 Å². The molecule has 0 aliphatic rings. The minimum Gasteiger partial charge on any atom is -0.445 e. The van der Waals surface area contributed by atoms with Crippen molar-refractivity contribution in [3.8, 4) is 11.5 Å². The van der Waals surface area contributed by atoms with E-state index < -0.39 is 0 Å². The van der Waals surface area contributed by atoms with E-state index in [1.165, 1.54) is 6.26 Å². The van der Waals surface area contributed by atoms with Crippen LogP contribution in [0.15, 0.2) is 41.1 Å². The molecule has 13 heavy (non-hydrogen) atoms. The lowest BCUT2D eigenvalue weighted by molar-refractivity contribution is 0.282. The first-order chi connectivity index (χ1) is 6.40. The van der Waals surface area contributed by atoms with Crippen molar-refractivity contribution in [1.82, 2.24) is 4.98 Å². The van der Waals surface area contributed by atoms with Crippen molar-refractivity contribution in [1.29, 1.82) is 0 Å². The molecule has 0 aliphatic heterocycles. The summed E-state index contributed by atoms with van der Waals surface area (Å²) in [7, 11) is 0. The number of hydrogen-bond acceptors (Lipinski definition) is 3. The molecule has 0 saturated carbocycles. The maximum Gasteiger partial charge on any atom is 0.225 e. The summed E-state index contributed by atoms with van der Waals surface area (Å²) in [5.74, 6) is 0.579. The predicted molar refractivity (Wildman–Crippen MR) is 47.9 cm³/mol. The molecule has 2 rings (SSSR count). The Labute approximate surface area is 75.7 Å². The van der Waals surface area contributed by atoms with Crippen molar-refractivity contribution < 1.29 is 9.52 Å². The predicted octanol–water partition coefficient (Wildman–Crippen LogP) is 1.83. The van der Waals surface area contributed by atoms with E-state index in [1.807, 2.05) is 24.3 Å². The van der Waals surface area contributed by atoms with Crippen LogP contribution in [-0.4, -0.2) is 10.1 Å². The van der Waals surface area contributed by atoms with Gasteiger partial charge in [-0.15, -0.1) is 0 Å². The molecule has 0 spiro atoms. The zero-order chi connectivity index (χ0) is 9.10. The van der Waals surface area contributed by atoms with Gasteiger partial charge in [0.05, 0.1) is 12.8 Å². The molecule has 1 N–H and O–H groups in total. The highest BCUT2D eigenvalue weighted by molar-refractivity contribution is 5.53. The molecule has 2 aromatic rings. The molecule has 1 aromatic heterocycles. The van der Waals surface area contributed by atoms with Crippen LogP contribution in [-0.2, 0) is 6.61 Å². The van der Waals surface area contributed by atoms with E-state index in [2.05, 4.69) is 4.98 Å². The van der Waals surface area contributed by atoms with Gasteiger partial charge < -0.3 is 9.52 Å². The molecule has 1 aromatic carbocycles. The molecule has 0 fully saturated rings. The lowest BCUT2D eigenvalue weighted by Gasteiger charge is -1.98. The third-order valence-electron chi connectivity index (χ3n) is 1.79. The summed E-state index contributed by atoms with van der Waals surface area (Å²) >= 11 is 0. The molecule has 0 aliphatic carbocycles. The van der Waals surface area contributed by atoms with E-state index >= 15 is 0 Å². The summed E-state index contributed by atoms with van der Waals surface area (Å²) in [6.07, 6.45) is 3.13. The largest absolute Gasteiger partial charge is 0.445 e. The lowest BCUT2D eigenvalue weighted by Crippen LogP contribution is -1.83. The third kappa shape index (κ3) is 1.60. The zero-order valence-electron chi connectivity index (χ0n) is 6.97. The van der Waals surface area contributed by atoms with Gasteiger partial charge in [0.1, 0.15) is 6.26 Å². The summed E-state index contributed by atoms with van der Waals surface area (Å²) in [6, 6.07) is 7.47. The lowest BCUT2D eigenvalue weighted by atomic mass is 10.1. The fourth-order valence-electron chi connectivity index (χ4n) is 1.17. The number of nitrogens with zero attached hydrogens (tertiary/aromatic N) is 1. The summed E-state index contributed by atoms with van der Waals surface area (Å²) in [4.78, 5) is 4.01. The third-order valence-corrected chi connectivity index (χ3v) is 1.79. The molecule has 0 unspecified atom stereocenters. The Balaban J connectivity index is 2.41. The second kappa shape index (κ2) is 3.41. The van der Waals surface area contributed by atoms with Gasteiger partial charge in [-0.1, -0.05) is 12.1 Å². The average Bonchev–Trinajstić information content (AvgIpc) is 2.71. The van der Waals surface area contributed by atoms with E-state index in [9.17, 15) is 0 Å². The second-order valence-corrected chi connectivity index (χ2v) is 2.70. The van der Waals surface area contributed by atoms with E-state index in [0.717, 1.165) is 11.1 Å². The van der Waals surface area contributed by atoms with Gasteiger partial charge in [-0.3, -0.25) is 0 Å². The van der Waals surface area contributed by atoms with E-state index in [4.69, 9.17) is 9.52 Å². The maximum atomic E-state index is 8.91. The Morgan fingerprint density at radius 2 is 2.31 bits per heavy atom. The van der Waals surface area contributed by atoms with Crippen molar-refractivity contribution in [2.75, 3.05) is 0 Å². The van der Waals surface area contributed by atoms with Gasteiger partial charge in [0.2, 0.25) is 5.89 Å². The molecule has 0 radical (unpaired) electrons. The van der Waals surface area contributed by atoms with E-state index in [-0.39, 0.29) is 6.61 Å². The van der Waals surface area contributed by atoms with E-state index in [0.29, 0.717) is 5.89 Å². The molecule has 1 heterocycles. The Morgan fingerprint density at radius 3 is 3.00 bits per heavy atom. The van der Waals surface area contributed by atoms with Crippen LogP contribution in [0.3, 0.4) is 0 Å². The summed E-state index contributed by atoms with van der Waals surface area (Å²) in [6.45, 7) is 0.0363. The number of oxazole rings is 1. The van der Waals surface area contributed by atoms with Crippen molar-refractivity contribution in [3.63, 3.8) is 0 Å². The molecular formula is C10H9NO2. The molecule has 3 nitrogen and oxygen atoms in total. The number of aliphatic hydroxyl groups is 1. The first-order valence-corrected chi connectivity index (χ1v) is 4.00. The normalized spacial score (nSPS) is 10.2. The standard InChI is InChI=1S/C10H9NO2/c12-7-8-2-1-3-9(6-8)10-11-4-5-13-10/h1-6,12H,7H2. The summed E-state index contributed by atoms with van der Waals surface area (Å²) in [5, 5.41) is 8.91. The fourth-order valence-corrected chi connectivity index (χ4v) is 1.17. The minimum atomic E-state index is 0.0363. The van der Waals surface area contributed by atoms with Gasteiger partial charge >= 0.3 is 0 Å². The Bertz CT molecular complexity index is 382. The van der Waals surface area contributed by atoms with Gasteiger partial charge in [0.15, 0.2) is 0 Å².